The van der Waals surface area contributed by atoms with Crippen molar-refractivity contribution in [3.8, 4) is 5.69 Å². The number of hydrogen-bond acceptors (Lipinski definition) is 4. The highest BCUT2D eigenvalue weighted by Crippen LogP contribution is 2.18. The molecule has 0 bridgehead atoms. The number of nitrogens with two attached hydrogens (primary N) is 1. The number of benzene rings is 1. The van der Waals surface area contributed by atoms with Crippen LogP contribution in [-0.2, 0) is 0 Å². The van der Waals surface area contributed by atoms with Crippen LogP contribution >= 0.6 is 0 Å². The SMILES string of the molecule is Cc1cc(=O)n(-c2ccc(N/C=C\CN)c(F)c2)c(C)n1. The molecule has 1 aromatic carbocycles. The van der Waals surface area contributed by atoms with E-state index in [1.807, 2.05) is 0 Å². The molecular formula is C15H17FN4O. The summed E-state index contributed by atoms with van der Waals surface area (Å²) in [4.78, 5) is 16.3. The maximum Gasteiger partial charge on any atom is 0.258 e. The summed E-state index contributed by atoms with van der Waals surface area (Å²) in [5.41, 5.74) is 6.47. The van der Waals surface area contributed by atoms with Gasteiger partial charge in [0.25, 0.3) is 5.56 Å². The fraction of sp³-hybridized carbons (Fsp3) is 0.200. The zero-order valence-corrected chi connectivity index (χ0v) is 11.9. The number of aromatic nitrogens is 2. The summed E-state index contributed by atoms with van der Waals surface area (Å²) in [6.45, 7) is 3.83. The van der Waals surface area contributed by atoms with Gasteiger partial charge in [0.15, 0.2) is 0 Å². The number of halogens is 1. The minimum atomic E-state index is -0.457. The molecule has 0 radical (unpaired) electrons. The van der Waals surface area contributed by atoms with E-state index >= 15 is 0 Å². The average molecular weight is 288 g/mol. The second-order valence-corrected chi connectivity index (χ2v) is 4.56. The molecule has 2 rings (SSSR count). The van der Waals surface area contributed by atoms with E-state index in [2.05, 4.69) is 10.3 Å². The zero-order valence-electron chi connectivity index (χ0n) is 11.9. The van der Waals surface area contributed by atoms with Crippen LogP contribution in [0, 0.1) is 19.7 Å². The lowest BCUT2D eigenvalue weighted by molar-refractivity contribution is 0.629. The lowest BCUT2D eigenvalue weighted by atomic mass is 10.2. The molecule has 110 valence electrons. The number of rotatable bonds is 4. The van der Waals surface area contributed by atoms with Gasteiger partial charge < -0.3 is 11.1 Å². The standard InChI is InChI=1S/C15H17FN4O/c1-10-8-15(21)20(11(2)19-10)12-4-5-14(13(16)9-12)18-7-3-6-17/h3-5,7-9,18H,6,17H2,1-2H3/b7-3-. The summed E-state index contributed by atoms with van der Waals surface area (Å²) in [6, 6.07) is 5.94. The van der Waals surface area contributed by atoms with Crippen LogP contribution in [0.25, 0.3) is 5.69 Å². The number of nitrogens with one attached hydrogen (secondary N) is 1. The maximum absolute atomic E-state index is 14.0. The Morgan fingerprint density at radius 1 is 1.38 bits per heavy atom. The Hall–Kier alpha value is -2.47. The minimum absolute atomic E-state index is 0.233. The van der Waals surface area contributed by atoms with E-state index in [4.69, 9.17) is 5.73 Å². The van der Waals surface area contributed by atoms with Gasteiger partial charge in [0.1, 0.15) is 11.6 Å². The van der Waals surface area contributed by atoms with Gasteiger partial charge in [-0.1, -0.05) is 6.08 Å². The second-order valence-electron chi connectivity index (χ2n) is 4.56. The normalized spacial score (nSPS) is 11.0. The predicted molar refractivity (Wildman–Crippen MR) is 81.1 cm³/mol. The van der Waals surface area contributed by atoms with E-state index in [1.165, 1.54) is 16.7 Å². The molecule has 1 aromatic heterocycles. The minimum Gasteiger partial charge on any atom is -0.360 e. The van der Waals surface area contributed by atoms with Gasteiger partial charge in [-0.2, -0.15) is 0 Å². The molecule has 21 heavy (non-hydrogen) atoms. The fourth-order valence-electron chi connectivity index (χ4n) is 2.03. The largest absolute Gasteiger partial charge is 0.360 e. The van der Waals surface area contributed by atoms with Gasteiger partial charge in [0.05, 0.1) is 11.4 Å². The van der Waals surface area contributed by atoms with Gasteiger partial charge in [-0.25, -0.2) is 9.37 Å². The van der Waals surface area contributed by atoms with Crippen LogP contribution in [-0.4, -0.2) is 16.1 Å². The van der Waals surface area contributed by atoms with Crippen LogP contribution in [0.15, 0.2) is 41.3 Å². The third kappa shape index (κ3) is 3.35. The number of anilines is 1. The van der Waals surface area contributed by atoms with Crippen LogP contribution in [0.3, 0.4) is 0 Å². The molecule has 0 aliphatic heterocycles. The quantitative estimate of drug-likeness (QED) is 0.901. The van der Waals surface area contributed by atoms with Crippen molar-refractivity contribution in [1.29, 1.82) is 0 Å². The predicted octanol–water partition coefficient (Wildman–Crippen LogP) is 1.87. The Bertz CT molecular complexity index is 737. The maximum atomic E-state index is 14.0. The van der Waals surface area contributed by atoms with Gasteiger partial charge in [-0.05, 0) is 32.2 Å². The smallest absolute Gasteiger partial charge is 0.258 e. The third-order valence-electron chi connectivity index (χ3n) is 2.92. The molecule has 0 aliphatic rings. The monoisotopic (exact) mass is 288 g/mol. The molecule has 0 amide bonds. The van der Waals surface area contributed by atoms with Crippen molar-refractivity contribution in [3.05, 3.63) is 64.2 Å². The van der Waals surface area contributed by atoms with Crippen LogP contribution in [0.2, 0.25) is 0 Å². The highest BCUT2D eigenvalue weighted by Gasteiger charge is 2.08. The molecule has 6 heteroatoms. The topological polar surface area (TPSA) is 72.9 Å². The van der Waals surface area contributed by atoms with E-state index in [-0.39, 0.29) is 5.56 Å². The number of hydrogen-bond donors (Lipinski definition) is 2. The molecule has 0 saturated heterocycles. The molecule has 0 atom stereocenters. The molecule has 0 aliphatic carbocycles. The third-order valence-corrected chi connectivity index (χ3v) is 2.92. The second kappa shape index (κ2) is 6.32. The van der Waals surface area contributed by atoms with Crippen molar-refractivity contribution < 1.29 is 4.39 Å². The van der Waals surface area contributed by atoms with E-state index in [0.29, 0.717) is 29.4 Å². The first-order valence-corrected chi connectivity index (χ1v) is 6.52. The molecule has 5 nitrogen and oxygen atoms in total. The van der Waals surface area contributed by atoms with Crippen LogP contribution in [0.4, 0.5) is 10.1 Å². The van der Waals surface area contributed by atoms with Gasteiger partial charge in [0.2, 0.25) is 0 Å². The summed E-state index contributed by atoms with van der Waals surface area (Å²) in [5.74, 6) is 0.0594. The summed E-state index contributed by atoms with van der Waals surface area (Å²) in [7, 11) is 0. The van der Waals surface area contributed by atoms with Gasteiger partial charge in [0, 0.05) is 24.4 Å². The molecule has 1 heterocycles. The van der Waals surface area contributed by atoms with Crippen molar-refractivity contribution in [2.24, 2.45) is 5.73 Å². The molecule has 2 aromatic rings. The van der Waals surface area contributed by atoms with E-state index in [0.717, 1.165) is 0 Å². The highest BCUT2D eigenvalue weighted by molar-refractivity contribution is 5.52. The van der Waals surface area contributed by atoms with Crippen LogP contribution < -0.4 is 16.6 Å². The van der Waals surface area contributed by atoms with Crippen molar-refractivity contribution in [2.75, 3.05) is 11.9 Å². The summed E-state index contributed by atoms with van der Waals surface area (Å²) < 4.78 is 15.4. The van der Waals surface area contributed by atoms with Crippen LogP contribution in [0.1, 0.15) is 11.5 Å². The Labute approximate surface area is 121 Å². The van der Waals surface area contributed by atoms with Crippen molar-refractivity contribution in [3.63, 3.8) is 0 Å². The molecular weight excluding hydrogens is 271 g/mol. The first-order chi connectivity index (χ1) is 10.0. The lowest BCUT2D eigenvalue weighted by Gasteiger charge is -2.11. The van der Waals surface area contributed by atoms with E-state index in [9.17, 15) is 9.18 Å². The highest BCUT2D eigenvalue weighted by atomic mass is 19.1. The molecule has 0 fully saturated rings. The summed E-state index contributed by atoms with van der Waals surface area (Å²) >= 11 is 0. The lowest BCUT2D eigenvalue weighted by Crippen LogP contribution is -2.21. The van der Waals surface area contributed by atoms with Gasteiger partial charge >= 0.3 is 0 Å². The van der Waals surface area contributed by atoms with Crippen LogP contribution in [0.5, 0.6) is 0 Å². The average Bonchev–Trinajstić information content (AvgIpc) is 2.40. The van der Waals surface area contributed by atoms with Crippen molar-refractivity contribution >= 4 is 5.69 Å². The Morgan fingerprint density at radius 2 is 2.14 bits per heavy atom. The first-order valence-electron chi connectivity index (χ1n) is 6.52. The molecule has 0 saturated carbocycles. The van der Waals surface area contributed by atoms with Crippen molar-refractivity contribution in [1.82, 2.24) is 9.55 Å². The molecule has 3 N–H and O–H groups in total. The van der Waals surface area contributed by atoms with Gasteiger partial charge in [-0.15, -0.1) is 0 Å². The molecule has 0 unspecified atom stereocenters. The fourth-order valence-corrected chi connectivity index (χ4v) is 2.03. The number of aryl methyl sites for hydroxylation is 2. The van der Waals surface area contributed by atoms with Gasteiger partial charge in [-0.3, -0.25) is 9.36 Å². The summed E-state index contributed by atoms with van der Waals surface area (Å²) in [5, 5.41) is 2.79. The number of nitrogens with zero attached hydrogens (tertiary/aromatic N) is 2. The Morgan fingerprint density at radius 3 is 2.76 bits per heavy atom. The summed E-state index contributed by atoms with van der Waals surface area (Å²) in [6.07, 6.45) is 3.24. The zero-order chi connectivity index (χ0) is 15.4. The Kier molecular flexibility index (Phi) is 4.49. The first kappa shape index (κ1) is 14.9. The van der Waals surface area contributed by atoms with E-state index in [1.54, 1.807) is 38.3 Å². The molecule has 0 spiro atoms. The van der Waals surface area contributed by atoms with Crippen molar-refractivity contribution in [2.45, 2.75) is 13.8 Å². The Balaban J connectivity index is 2.41. The van der Waals surface area contributed by atoms with E-state index < -0.39 is 5.82 Å².